The maximum absolute atomic E-state index is 12.9. The van der Waals surface area contributed by atoms with Crippen molar-refractivity contribution in [3.05, 3.63) is 98.4 Å². The average molecular weight is 516 g/mol. The van der Waals surface area contributed by atoms with Gasteiger partial charge in [0, 0.05) is 15.6 Å². The van der Waals surface area contributed by atoms with E-state index in [1.165, 1.54) is 11.8 Å². The molecular formula is C25H19Cl2NO3S2. The van der Waals surface area contributed by atoms with Gasteiger partial charge in [-0.25, -0.2) is 0 Å². The molecule has 0 spiro atoms. The van der Waals surface area contributed by atoms with Gasteiger partial charge < -0.3 is 9.47 Å². The zero-order valence-corrected chi connectivity index (χ0v) is 20.7. The normalized spacial score (nSPS) is 14.8. The lowest BCUT2D eigenvalue weighted by molar-refractivity contribution is -0.122. The molecule has 0 N–H and O–H groups in total. The Kier molecular flexibility index (Phi) is 7.60. The van der Waals surface area contributed by atoms with Crippen LogP contribution < -0.4 is 9.47 Å². The van der Waals surface area contributed by atoms with Gasteiger partial charge in [0.1, 0.15) is 10.9 Å². The first-order valence-corrected chi connectivity index (χ1v) is 12.0. The maximum atomic E-state index is 12.9. The fourth-order valence-electron chi connectivity index (χ4n) is 3.27. The molecule has 1 saturated heterocycles. The molecule has 0 bridgehead atoms. The van der Waals surface area contributed by atoms with Crippen LogP contribution in [0.1, 0.15) is 16.7 Å². The number of methoxy groups -OCH3 is 1. The highest BCUT2D eigenvalue weighted by Crippen LogP contribution is 2.36. The smallest absolute Gasteiger partial charge is 0.266 e. The number of hydrogen-bond donors (Lipinski definition) is 0. The number of thiocarbonyl (C=S) groups is 1. The Morgan fingerprint density at radius 2 is 1.73 bits per heavy atom. The predicted octanol–water partition coefficient (Wildman–Crippen LogP) is 6.98. The summed E-state index contributed by atoms with van der Waals surface area (Å²) < 4.78 is 11.9. The van der Waals surface area contributed by atoms with Gasteiger partial charge in [-0.1, -0.05) is 89.6 Å². The van der Waals surface area contributed by atoms with Gasteiger partial charge in [-0.05, 0) is 41.5 Å². The molecule has 1 aliphatic rings. The summed E-state index contributed by atoms with van der Waals surface area (Å²) in [5, 5.41) is 1.08. The van der Waals surface area contributed by atoms with Crippen LogP contribution in [0.4, 0.5) is 0 Å². The molecule has 4 nitrogen and oxygen atoms in total. The van der Waals surface area contributed by atoms with Crippen LogP contribution in [0.25, 0.3) is 6.08 Å². The van der Waals surface area contributed by atoms with Gasteiger partial charge in [0.2, 0.25) is 0 Å². The number of hydrogen-bond acceptors (Lipinski definition) is 5. The minimum atomic E-state index is -0.110. The molecule has 1 amide bonds. The molecule has 4 rings (SSSR count). The van der Waals surface area contributed by atoms with Crippen molar-refractivity contribution >= 4 is 63.5 Å². The Balaban J connectivity index is 1.50. The molecule has 168 valence electrons. The zero-order chi connectivity index (χ0) is 23.4. The monoisotopic (exact) mass is 515 g/mol. The molecule has 0 aromatic heterocycles. The number of carbonyl (C=O) groups is 1. The number of carbonyl (C=O) groups excluding carboxylic acids is 1. The standard InChI is InChI=1S/C25H19Cl2NO3S2/c1-30-22-12-17(10-11-21(22)31-15-18-19(26)8-5-9-20(18)27)13-23-24(29)28(25(32)33-23)14-16-6-3-2-4-7-16/h2-13H,14-15H2,1H3/b23-13+. The number of benzene rings is 3. The third-order valence-corrected chi connectivity index (χ3v) is 7.06. The first-order valence-electron chi connectivity index (χ1n) is 9.99. The summed E-state index contributed by atoms with van der Waals surface area (Å²) in [7, 11) is 1.56. The van der Waals surface area contributed by atoms with Gasteiger partial charge in [0.05, 0.1) is 18.6 Å². The van der Waals surface area contributed by atoms with Crippen LogP contribution in [0, 0.1) is 0 Å². The molecule has 1 heterocycles. The van der Waals surface area contributed by atoms with E-state index < -0.39 is 0 Å². The van der Waals surface area contributed by atoms with E-state index in [-0.39, 0.29) is 12.5 Å². The Morgan fingerprint density at radius 1 is 1.00 bits per heavy atom. The molecule has 1 aliphatic heterocycles. The first-order chi connectivity index (χ1) is 16.0. The van der Waals surface area contributed by atoms with Crippen LogP contribution in [-0.4, -0.2) is 22.2 Å². The number of ether oxygens (including phenoxy) is 2. The lowest BCUT2D eigenvalue weighted by atomic mass is 10.1. The number of thioether (sulfide) groups is 1. The van der Waals surface area contributed by atoms with Crippen molar-refractivity contribution in [2.75, 3.05) is 7.11 Å². The number of halogens is 2. The minimum Gasteiger partial charge on any atom is -0.493 e. The largest absolute Gasteiger partial charge is 0.493 e. The van der Waals surface area contributed by atoms with Crippen molar-refractivity contribution in [1.29, 1.82) is 0 Å². The van der Waals surface area contributed by atoms with Crippen molar-refractivity contribution in [3.63, 3.8) is 0 Å². The third kappa shape index (κ3) is 5.53. The first kappa shape index (κ1) is 23.6. The number of nitrogens with zero attached hydrogens (tertiary/aromatic N) is 1. The highest BCUT2D eigenvalue weighted by molar-refractivity contribution is 8.26. The average Bonchev–Trinajstić information content (AvgIpc) is 3.07. The zero-order valence-electron chi connectivity index (χ0n) is 17.6. The van der Waals surface area contributed by atoms with Gasteiger partial charge in [-0.2, -0.15) is 0 Å². The number of amides is 1. The van der Waals surface area contributed by atoms with Crippen LogP contribution >= 0.6 is 47.2 Å². The SMILES string of the molecule is COc1cc(/C=C2/SC(=S)N(Cc3ccccc3)C2=O)ccc1OCc1c(Cl)cccc1Cl. The van der Waals surface area contributed by atoms with E-state index in [1.54, 1.807) is 36.3 Å². The summed E-state index contributed by atoms with van der Waals surface area (Å²) in [6, 6.07) is 20.5. The maximum Gasteiger partial charge on any atom is 0.266 e. The quantitative estimate of drug-likeness (QED) is 0.250. The lowest BCUT2D eigenvalue weighted by Crippen LogP contribution is -2.27. The van der Waals surface area contributed by atoms with Gasteiger partial charge in [0.15, 0.2) is 11.5 Å². The van der Waals surface area contributed by atoms with E-state index in [0.29, 0.717) is 42.9 Å². The van der Waals surface area contributed by atoms with Gasteiger partial charge in [-0.3, -0.25) is 9.69 Å². The molecule has 3 aromatic rings. The van der Waals surface area contributed by atoms with Crippen molar-refractivity contribution in [3.8, 4) is 11.5 Å². The van der Waals surface area contributed by atoms with Crippen molar-refractivity contribution < 1.29 is 14.3 Å². The van der Waals surface area contributed by atoms with Gasteiger partial charge in [0.25, 0.3) is 5.91 Å². The van der Waals surface area contributed by atoms with Crippen LogP contribution in [0.3, 0.4) is 0 Å². The summed E-state index contributed by atoms with van der Waals surface area (Å²) in [4.78, 5) is 15.1. The van der Waals surface area contributed by atoms with Crippen molar-refractivity contribution in [2.45, 2.75) is 13.2 Å². The summed E-state index contributed by atoms with van der Waals surface area (Å²) in [5.41, 5.74) is 2.53. The second-order valence-electron chi connectivity index (χ2n) is 7.15. The third-order valence-electron chi connectivity index (χ3n) is 4.98. The summed E-state index contributed by atoms with van der Waals surface area (Å²) in [6.45, 7) is 0.649. The fraction of sp³-hybridized carbons (Fsp3) is 0.120. The van der Waals surface area contributed by atoms with E-state index in [4.69, 9.17) is 44.9 Å². The number of rotatable bonds is 7. The van der Waals surface area contributed by atoms with Gasteiger partial charge in [-0.15, -0.1) is 0 Å². The Labute approximate surface area is 212 Å². The molecule has 0 atom stereocenters. The second kappa shape index (κ2) is 10.6. The molecule has 0 saturated carbocycles. The Bertz CT molecular complexity index is 1210. The van der Waals surface area contributed by atoms with Crippen LogP contribution in [0.5, 0.6) is 11.5 Å². The molecule has 0 radical (unpaired) electrons. The Hall–Kier alpha value is -2.51. The molecular weight excluding hydrogens is 497 g/mol. The van der Waals surface area contributed by atoms with Crippen LogP contribution in [-0.2, 0) is 17.9 Å². The molecule has 0 aliphatic carbocycles. The molecule has 1 fully saturated rings. The molecule has 8 heteroatoms. The van der Waals surface area contributed by atoms with E-state index in [9.17, 15) is 4.79 Å². The van der Waals surface area contributed by atoms with E-state index in [1.807, 2.05) is 48.5 Å². The summed E-state index contributed by atoms with van der Waals surface area (Å²) in [5.74, 6) is 0.968. The second-order valence-corrected chi connectivity index (χ2v) is 9.64. The Morgan fingerprint density at radius 3 is 2.42 bits per heavy atom. The topological polar surface area (TPSA) is 38.8 Å². The van der Waals surface area contributed by atoms with E-state index in [2.05, 4.69) is 0 Å². The summed E-state index contributed by atoms with van der Waals surface area (Å²) >= 11 is 19.2. The summed E-state index contributed by atoms with van der Waals surface area (Å²) in [6.07, 6.45) is 1.81. The molecule has 33 heavy (non-hydrogen) atoms. The van der Waals surface area contributed by atoms with E-state index in [0.717, 1.165) is 11.1 Å². The highest BCUT2D eigenvalue weighted by atomic mass is 35.5. The minimum absolute atomic E-state index is 0.110. The van der Waals surface area contributed by atoms with Crippen LogP contribution in [0.15, 0.2) is 71.6 Å². The fourth-order valence-corrected chi connectivity index (χ4v) is 5.03. The predicted molar refractivity (Wildman–Crippen MR) is 139 cm³/mol. The van der Waals surface area contributed by atoms with Crippen molar-refractivity contribution in [1.82, 2.24) is 4.90 Å². The van der Waals surface area contributed by atoms with Crippen molar-refractivity contribution in [2.24, 2.45) is 0 Å². The highest BCUT2D eigenvalue weighted by Gasteiger charge is 2.32. The molecule has 3 aromatic carbocycles. The van der Waals surface area contributed by atoms with Gasteiger partial charge >= 0.3 is 0 Å². The molecule has 0 unspecified atom stereocenters. The van der Waals surface area contributed by atoms with E-state index >= 15 is 0 Å². The lowest BCUT2D eigenvalue weighted by Gasteiger charge is -2.14. The van der Waals surface area contributed by atoms with Crippen LogP contribution in [0.2, 0.25) is 10.0 Å².